The first-order valence-corrected chi connectivity index (χ1v) is 12.6. The van der Waals surface area contributed by atoms with E-state index >= 15 is 0 Å². The number of fused-ring (bicyclic) bond motifs is 1. The van der Waals surface area contributed by atoms with Crippen molar-refractivity contribution in [2.45, 2.75) is 57.9 Å². The van der Waals surface area contributed by atoms with Crippen LogP contribution in [0.1, 0.15) is 24.2 Å². The molecule has 0 spiro atoms. The van der Waals surface area contributed by atoms with E-state index in [9.17, 15) is 13.2 Å². The molecular formula is C18H27F3N2O2Si. The van der Waals surface area contributed by atoms with E-state index in [1.165, 1.54) is 6.07 Å². The van der Waals surface area contributed by atoms with Gasteiger partial charge < -0.3 is 14.4 Å². The van der Waals surface area contributed by atoms with Crippen LogP contribution < -0.4 is 0 Å². The molecule has 0 amide bonds. The second kappa shape index (κ2) is 8.54. The highest BCUT2D eigenvalue weighted by Gasteiger charge is 2.31. The van der Waals surface area contributed by atoms with Crippen molar-refractivity contribution in [1.29, 1.82) is 0 Å². The van der Waals surface area contributed by atoms with E-state index in [1.54, 1.807) is 4.57 Å². The van der Waals surface area contributed by atoms with Gasteiger partial charge in [-0.05, 0) is 37.1 Å². The summed E-state index contributed by atoms with van der Waals surface area (Å²) in [5, 5.41) is 8.96. The largest absolute Gasteiger partial charge is 0.416 e. The zero-order valence-electron chi connectivity index (χ0n) is 15.6. The number of imidazole rings is 1. The first kappa shape index (κ1) is 20.9. The van der Waals surface area contributed by atoms with Crippen LogP contribution in [0.2, 0.25) is 25.7 Å². The first-order valence-electron chi connectivity index (χ1n) is 8.87. The molecule has 0 saturated heterocycles. The summed E-state index contributed by atoms with van der Waals surface area (Å²) in [7, 11) is -1.23. The van der Waals surface area contributed by atoms with Crippen molar-refractivity contribution in [3.63, 3.8) is 0 Å². The molecule has 1 N–H and O–H groups in total. The molecule has 0 aliphatic carbocycles. The maximum absolute atomic E-state index is 13.1. The van der Waals surface area contributed by atoms with Crippen LogP contribution in [0, 0.1) is 0 Å². The third-order valence-electron chi connectivity index (χ3n) is 4.18. The van der Waals surface area contributed by atoms with E-state index < -0.39 is 19.8 Å². The minimum absolute atomic E-state index is 0.0885. The summed E-state index contributed by atoms with van der Waals surface area (Å²) in [5.41, 5.74) is 0.285. The lowest BCUT2D eigenvalue weighted by Crippen LogP contribution is -2.22. The average molecular weight is 389 g/mol. The lowest BCUT2D eigenvalue weighted by Gasteiger charge is -2.16. The third kappa shape index (κ3) is 5.82. The lowest BCUT2D eigenvalue weighted by atomic mass is 10.2. The van der Waals surface area contributed by atoms with E-state index in [-0.39, 0.29) is 13.3 Å². The van der Waals surface area contributed by atoms with Gasteiger partial charge in [0.2, 0.25) is 0 Å². The number of benzene rings is 1. The Morgan fingerprint density at radius 2 is 1.92 bits per heavy atom. The molecule has 1 aromatic carbocycles. The van der Waals surface area contributed by atoms with E-state index in [0.29, 0.717) is 36.3 Å². The monoisotopic (exact) mass is 388 g/mol. The van der Waals surface area contributed by atoms with Crippen molar-refractivity contribution < 1.29 is 23.0 Å². The van der Waals surface area contributed by atoms with Gasteiger partial charge in [-0.15, -0.1) is 0 Å². The zero-order chi connectivity index (χ0) is 19.4. The molecule has 0 saturated carbocycles. The molecule has 4 nitrogen and oxygen atoms in total. The Bertz CT molecular complexity index is 724. The van der Waals surface area contributed by atoms with Gasteiger partial charge in [0.1, 0.15) is 12.6 Å². The van der Waals surface area contributed by atoms with E-state index in [1.807, 2.05) is 0 Å². The Labute approximate surface area is 153 Å². The molecule has 0 bridgehead atoms. The molecule has 1 heterocycles. The van der Waals surface area contributed by atoms with Crippen LogP contribution in [0.25, 0.3) is 11.0 Å². The molecule has 26 heavy (non-hydrogen) atoms. The lowest BCUT2D eigenvalue weighted by molar-refractivity contribution is -0.137. The molecule has 146 valence electrons. The van der Waals surface area contributed by atoms with E-state index in [0.717, 1.165) is 24.6 Å². The highest BCUT2D eigenvalue weighted by atomic mass is 28.3. The number of hydrogen-bond donors (Lipinski definition) is 1. The fourth-order valence-corrected chi connectivity index (χ4v) is 3.37. The number of aliphatic hydroxyl groups is 1. The molecule has 2 rings (SSSR count). The molecule has 0 unspecified atom stereocenters. The van der Waals surface area contributed by atoms with Crippen LogP contribution in [0.5, 0.6) is 0 Å². The molecule has 0 radical (unpaired) electrons. The smallest absolute Gasteiger partial charge is 0.396 e. The summed E-state index contributed by atoms with van der Waals surface area (Å²) in [6.07, 6.45) is -2.44. The zero-order valence-corrected chi connectivity index (χ0v) is 16.6. The Hall–Kier alpha value is -1.38. The predicted octanol–water partition coefficient (Wildman–Crippen LogP) is 4.68. The highest BCUT2D eigenvalue weighted by Crippen LogP contribution is 2.32. The number of aliphatic hydroxyl groups excluding tert-OH is 1. The van der Waals surface area contributed by atoms with Crippen molar-refractivity contribution >= 4 is 19.1 Å². The van der Waals surface area contributed by atoms with Gasteiger partial charge in [0, 0.05) is 27.7 Å². The maximum atomic E-state index is 13.1. The number of unbranched alkanes of at least 4 members (excludes halogenated alkanes) is 1. The predicted molar refractivity (Wildman–Crippen MR) is 98.9 cm³/mol. The molecule has 1 aromatic heterocycles. The molecule has 2 aromatic rings. The van der Waals surface area contributed by atoms with Gasteiger partial charge in [0.25, 0.3) is 0 Å². The normalized spacial score (nSPS) is 12.9. The number of alkyl halides is 3. The van der Waals surface area contributed by atoms with E-state index in [4.69, 9.17) is 9.84 Å². The highest BCUT2D eigenvalue weighted by molar-refractivity contribution is 6.76. The summed E-state index contributed by atoms with van der Waals surface area (Å²) in [4.78, 5) is 4.48. The van der Waals surface area contributed by atoms with Crippen LogP contribution in [0.4, 0.5) is 13.2 Å². The molecular weight excluding hydrogens is 361 g/mol. The number of aromatic nitrogens is 2. The number of hydrogen-bond acceptors (Lipinski definition) is 3. The van der Waals surface area contributed by atoms with Crippen LogP contribution >= 0.6 is 0 Å². The van der Waals surface area contributed by atoms with Gasteiger partial charge in [-0.2, -0.15) is 13.2 Å². The Kier molecular flexibility index (Phi) is 6.87. The minimum atomic E-state index is -4.39. The Balaban J connectivity index is 2.26. The van der Waals surface area contributed by atoms with Gasteiger partial charge in [-0.3, -0.25) is 0 Å². The van der Waals surface area contributed by atoms with Crippen LogP contribution in [0.15, 0.2) is 18.2 Å². The second-order valence-electron chi connectivity index (χ2n) is 7.69. The summed E-state index contributed by atoms with van der Waals surface area (Å²) >= 11 is 0. The number of halogens is 3. The summed E-state index contributed by atoms with van der Waals surface area (Å²) in [5.74, 6) is 0.695. The Morgan fingerprint density at radius 3 is 2.54 bits per heavy atom. The fourth-order valence-electron chi connectivity index (χ4n) is 2.61. The van der Waals surface area contributed by atoms with Crippen LogP contribution in [-0.2, 0) is 24.1 Å². The first-order chi connectivity index (χ1) is 12.1. The van der Waals surface area contributed by atoms with Crippen LogP contribution in [-0.4, -0.2) is 35.9 Å². The van der Waals surface area contributed by atoms with Gasteiger partial charge >= 0.3 is 6.18 Å². The maximum Gasteiger partial charge on any atom is 0.416 e. The molecule has 8 heteroatoms. The summed E-state index contributed by atoms with van der Waals surface area (Å²) in [6, 6.07) is 4.60. The van der Waals surface area contributed by atoms with Crippen LogP contribution in [0.3, 0.4) is 0 Å². The van der Waals surface area contributed by atoms with Crippen molar-refractivity contribution in [3.05, 3.63) is 29.6 Å². The number of nitrogens with zero attached hydrogens (tertiary/aromatic N) is 2. The quantitative estimate of drug-likeness (QED) is 0.501. The van der Waals surface area contributed by atoms with Gasteiger partial charge in [-0.25, -0.2) is 4.98 Å². The SMILES string of the molecule is C[Si](C)(C)CCOCn1c(CCCCO)nc2ccc(C(F)(F)F)cc21. The molecule has 0 aliphatic rings. The van der Waals surface area contributed by atoms with Gasteiger partial charge in [-0.1, -0.05) is 19.6 Å². The molecule has 0 atom stereocenters. The molecule has 0 aliphatic heterocycles. The van der Waals surface area contributed by atoms with Crippen molar-refractivity contribution in [1.82, 2.24) is 9.55 Å². The van der Waals surface area contributed by atoms with E-state index in [2.05, 4.69) is 24.6 Å². The van der Waals surface area contributed by atoms with Crippen molar-refractivity contribution in [2.24, 2.45) is 0 Å². The minimum Gasteiger partial charge on any atom is -0.396 e. The molecule has 0 fully saturated rings. The summed E-state index contributed by atoms with van der Waals surface area (Å²) in [6.45, 7) is 7.61. The summed E-state index contributed by atoms with van der Waals surface area (Å²) < 4.78 is 46.7. The fraction of sp³-hybridized carbons (Fsp3) is 0.611. The number of aryl methyl sites for hydroxylation is 1. The Morgan fingerprint density at radius 1 is 1.19 bits per heavy atom. The average Bonchev–Trinajstić information content (AvgIpc) is 2.87. The topological polar surface area (TPSA) is 47.3 Å². The van der Waals surface area contributed by atoms with Gasteiger partial charge in [0.15, 0.2) is 0 Å². The van der Waals surface area contributed by atoms with Crippen molar-refractivity contribution in [3.8, 4) is 0 Å². The number of ether oxygens (including phenoxy) is 1. The number of rotatable bonds is 9. The third-order valence-corrected chi connectivity index (χ3v) is 5.88. The van der Waals surface area contributed by atoms with Gasteiger partial charge in [0.05, 0.1) is 16.6 Å². The standard InChI is InChI=1S/C18H27F3N2O2Si/c1-26(2,3)11-10-25-13-23-16-12-14(18(19,20)21)7-8-15(16)22-17(23)6-4-5-9-24/h7-8,12,24H,4-6,9-11,13H2,1-3H3. The van der Waals surface area contributed by atoms with Crippen molar-refractivity contribution in [2.75, 3.05) is 13.2 Å². The second-order valence-corrected chi connectivity index (χ2v) is 13.3.